The van der Waals surface area contributed by atoms with Crippen LogP contribution in [0.2, 0.25) is 0 Å². The molecule has 2 unspecified atom stereocenters. The summed E-state index contributed by atoms with van der Waals surface area (Å²) in [5.41, 5.74) is 0. The second kappa shape index (κ2) is 6.15. The van der Waals surface area contributed by atoms with E-state index in [0.717, 1.165) is 13.0 Å². The monoisotopic (exact) mass is 208 g/mol. The molecule has 0 aromatic carbocycles. The van der Waals surface area contributed by atoms with E-state index in [1.807, 2.05) is 0 Å². The summed E-state index contributed by atoms with van der Waals surface area (Å²) in [5, 5.41) is 3.53. The Kier molecular flexibility index (Phi) is 5.14. The summed E-state index contributed by atoms with van der Waals surface area (Å²) in [6, 6.07) is 1.48. The molecule has 1 aliphatic heterocycles. The van der Waals surface area contributed by atoms with E-state index >= 15 is 0 Å². The van der Waals surface area contributed by atoms with Gasteiger partial charge >= 0.3 is 0 Å². The average molecular weight is 208 g/mol. The van der Waals surface area contributed by atoms with Crippen molar-refractivity contribution in [3.63, 3.8) is 0 Å². The van der Waals surface area contributed by atoms with E-state index < -0.39 is 0 Å². The number of hydrogen-bond donors (Lipinski definition) is 1. The first-order valence-electron chi connectivity index (χ1n) is 6.14. The molecule has 0 aromatic heterocycles. The maximum atomic E-state index is 5.58. The molecule has 0 amide bonds. The maximum absolute atomic E-state index is 5.58. The van der Waals surface area contributed by atoms with Crippen molar-refractivity contribution in [3.8, 4) is 12.3 Å². The zero-order valence-corrected chi connectivity index (χ0v) is 10.3. The van der Waals surface area contributed by atoms with Gasteiger partial charge in [0.05, 0.1) is 6.04 Å². The Morgan fingerprint density at radius 3 is 2.67 bits per heavy atom. The molecule has 2 heteroatoms. The zero-order chi connectivity index (χ0) is 11.3. The van der Waals surface area contributed by atoms with Crippen LogP contribution >= 0.6 is 0 Å². The molecule has 0 aliphatic carbocycles. The molecule has 0 aromatic rings. The van der Waals surface area contributed by atoms with Crippen molar-refractivity contribution in [2.24, 2.45) is 0 Å². The van der Waals surface area contributed by atoms with Crippen LogP contribution in [0.3, 0.4) is 0 Å². The number of nitrogens with zero attached hydrogens (tertiary/aromatic N) is 1. The molecule has 2 atom stereocenters. The maximum Gasteiger partial charge on any atom is 0.0712 e. The summed E-state index contributed by atoms with van der Waals surface area (Å²) in [7, 11) is 0. The first-order chi connectivity index (χ1) is 7.19. The Morgan fingerprint density at radius 2 is 2.27 bits per heavy atom. The van der Waals surface area contributed by atoms with Gasteiger partial charge in [-0.3, -0.25) is 4.90 Å². The third-order valence-electron chi connectivity index (χ3n) is 3.24. The lowest BCUT2D eigenvalue weighted by Crippen LogP contribution is -2.46. The molecule has 15 heavy (non-hydrogen) atoms. The molecular weight excluding hydrogens is 184 g/mol. The lowest BCUT2D eigenvalue weighted by atomic mass is 10.1. The van der Waals surface area contributed by atoms with E-state index in [1.54, 1.807) is 0 Å². The molecule has 1 rings (SSSR count). The van der Waals surface area contributed by atoms with E-state index in [2.05, 4.69) is 36.9 Å². The number of hydrogen-bond acceptors (Lipinski definition) is 2. The van der Waals surface area contributed by atoms with E-state index in [1.165, 1.54) is 19.4 Å². The predicted octanol–water partition coefficient (Wildman–Crippen LogP) is 1.86. The zero-order valence-electron chi connectivity index (χ0n) is 10.3. The van der Waals surface area contributed by atoms with E-state index in [-0.39, 0.29) is 0 Å². The van der Waals surface area contributed by atoms with Gasteiger partial charge in [-0.1, -0.05) is 12.8 Å². The highest BCUT2D eigenvalue weighted by Gasteiger charge is 2.23. The predicted molar refractivity (Wildman–Crippen MR) is 65.8 cm³/mol. The van der Waals surface area contributed by atoms with Crippen LogP contribution < -0.4 is 5.32 Å². The molecule has 1 aliphatic rings. The van der Waals surface area contributed by atoms with Crippen molar-refractivity contribution in [2.75, 3.05) is 13.1 Å². The highest BCUT2D eigenvalue weighted by Crippen LogP contribution is 2.13. The summed E-state index contributed by atoms with van der Waals surface area (Å²) in [6.07, 6.45) is 9.23. The van der Waals surface area contributed by atoms with E-state index in [9.17, 15) is 0 Å². The van der Waals surface area contributed by atoms with E-state index in [4.69, 9.17) is 6.42 Å². The summed E-state index contributed by atoms with van der Waals surface area (Å²) in [6.45, 7) is 8.90. The molecule has 0 saturated carbocycles. The van der Waals surface area contributed by atoms with Gasteiger partial charge in [-0.15, -0.1) is 6.42 Å². The molecular formula is C13H24N2. The molecule has 0 spiro atoms. The quantitative estimate of drug-likeness (QED) is 0.694. The molecule has 1 saturated heterocycles. The van der Waals surface area contributed by atoms with Gasteiger partial charge in [0, 0.05) is 18.6 Å². The second-order valence-electron chi connectivity index (χ2n) is 4.67. The molecule has 1 fully saturated rings. The smallest absolute Gasteiger partial charge is 0.0712 e. The van der Waals surface area contributed by atoms with Crippen molar-refractivity contribution in [2.45, 2.75) is 58.2 Å². The van der Waals surface area contributed by atoms with Crippen molar-refractivity contribution < 1.29 is 0 Å². The summed E-state index contributed by atoms with van der Waals surface area (Å²) in [5.74, 6) is 2.91. The topological polar surface area (TPSA) is 15.3 Å². The largest absolute Gasteiger partial charge is 0.313 e. The minimum absolute atomic E-state index is 0.299. The van der Waals surface area contributed by atoms with Gasteiger partial charge in [0.1, 0.15) is 0 Å². The third kappa shape index (κ3) is 3.52. The van der Waals surface area contributed by atoms with Gasteiger partial charge in [0.15, 0.2) is 0 Å². The van der Waals surface area contributed by atoms with Crippen molar-refractivity contribution in [1.29, 1.82) is 0 Å². The fourth-order valence-corrected chi connectivity index (χ4v) is 2.31. The van der Waals surface area contributed by atoms with Gasteiger partial charge < -0.3 is 5.32 Å². The van der Waals surface area contributed by atoms with Gasteiger partial charge in [-0.2, -0.15) is 0 Å². The van der Waals surface area contributed by atoms with Crippen LogP contribution in [0.25, 0.3) is 0 Å². The second-order valence-corrected chi connectivity index (χ2v) is 4.67. The van der Waals surface area contributed by atoms with Crippen LogP contribution in [0.15, 0.2) is 0 Å². The van der Waals surface area contributed by atoms with Crippen LogP contribution in [0.1, 0.15) is 40.0 Å². The lowest BCUT2D eigenvalue weighted by Gasteiger charge is -2.33. The van der Waals surface area contributed by atoms with Crippen LogP contribution in [0, 0.1) is 12.3 Å². The van der Waals surface area contributed by atoms with Crippen LogP contribution in [-0.4, -0.2) is 36.1 Å². The fourth-order valence-electron chi connectivity index (χ4n) is 2.31. The number of rotatable bonds is 5. The average Bonchev–Trinajstić information content (AvgIpc) is 2.70. The lowest BCUT2D eigenvalue weighted by molar-refractivity contribution is 0.167. The minimum Gasteiger partial charge on any atom is -0.313 e. The molecule has 0 bridgehead atoms. The molecule has 1 N–H and O–H groups in total. The third-order valence-corrected chi connectivity index (χ3v) is 3.24. The van der Waals surface area contributed by atoms with Crippen molar-refractivity contribution >= 4 is 0 Å². The summed E-state index contributed by atoms with van der Waals surface area (Å²) < 4.78 is 0. The molecule has 86 valence electrons. The van der Waals surface area contributed by atoms with Crippen LogP contribution in [-0.2, 0) is 0 Å². The molecule has 0 radical (unpaired) electrons. The molecule has 2 nitrogen and oxygen atoms in total. The SMILES string of the molecule is C#CC(CC)N(CC1CCCN1)C(C)C. The molecule has 1 heterocycles. The summed E-state index contributed by atoms with van der Waals surface area (Å²) in [4.78, 5) is 2.45. The van der Waals surface area contributed by atoms with Crippen molar-refractivity contribution in [1.82, 2.24) is 10.2 Å². The highest BCUT2D eigenvalue weighted by atomic mass is 15.2. The Labute approximate surface area is 94.4 Å². The Hall–Kier alpha value is -0.520. The van der Waals surface area contributed by atoms with Gasteiger partial charge in [-0.05, 0) is 39.7 Å². The van der Waals surface area contributed by atoms with Gasteiger partial charge in [0.25, 0.3) is 0 Å². The van der Waals surface area contributed by atoms with Gasteiger partial charge in [0.2, 0.25) is 0 Å². The number of terminal acetylenes is 1. The first kappa shape index (κ1) is 12.5. The fraction of sp³-hybridized carbons (Fsp3) is 0.846. The van der Waals surface area contributed by atoms with E-state index in [0.29, 0.717) is 18.1 Å². The first-order valence-corrected chi connectivity index (χ1v) is 6.14. The highest BCUT2D eigenvalue weighted by molar-refractivity contribution is 5.01. The van der Waals surface area contributed by atoms with Crippen molar-refractivity contribution in [3.05, 3.63) is 0 Å². The van der Waals surface area contributed by atoms with Gasteiger partial charge in [-0.25, -0.2) is 0 Å². The summed E-state index contributed by atoms with van der Waals surface area (Å²) >= 11 is 0. The Bertz CT molecular complexity index is 211. The Balaban J connectivity index is 2.53. The van der Waals surface area contributed by atoms with Crippen LogP contribution in [0.5, 0.6) is 0 Å². The minimum atomic E-state index is 0.299. The van der Waals surface area contributed by atoms with Crippen LogP contribution in [0.4, 0.5) is 0 Å². The standard InChI is InChI=1S/C13H24N2/c1-5-13(6-2)15(11(3)4)10-12-8-7-9-14-12/h1,11-14H,6-10H2,2-4H3. The Morgan fingerprint density at radius 1 is 1.53 bits per heavy atom. The normalized spacial score (nSPS) is 23.3. The number of nitrogens with one attached hydrogen (secondary N) is 1.